The van der Waals surface area contributed by atoms with Gasteiger partial charge in [0.15, 0.2) is 0 Å². The van der Waals surface area contributed by atoms with Gasteiger partial charge in [-0.1, -0.05) is 36.2 Å². The predicted molar refractivity (Wildman–Crippen MR) is 80.7 cm³/mol. The van der Waals surface area contributed by atoms with Gasteiger partial charge in [-0.15, -0.1) is 0 Å². The van der Waals surface area contributed by atoms with Crippen molar-refractivity contribution in [1.82, 2.24) is 14.8 Å². The van der Waals surface area contributed by atoms with Crippen LogP contribution in [0.1, 0.15) is 12.5 Å². The smallest absolute Gasteiger partial charge is 0.315 e. The highest BCUT2D eigenvalue weighted by molar-refractivity contribution is 6.35. The fraction of sp³-hybridized carbons (Fsp3) is 0.429. The summed E-state index contributed by atoms with van der Waals surface area (Å²) in [7, 11) is 0. The topological polar surface area (TPSA) is 39.9 Å². The maximum Gasteiger partial charge on any atom is 0.416 e. The third kappa shape index (κ3) is 4.37. The van der Waals surface area contributed by atoms with Crippen LogP contribution >= 0.6 is 23.2 Å². The van der Waals surface area contributed by atoms with Crippen LogP contribution in [0.2, 0.25) is 10.0 Å². The van der Waals surface area contributed by atoms with E-state index in [1.165, 1.54) is 35.5 Å². The molecule has 2 aromatic rings. The largest absolute Gasteiger partial charge is 0.416 e. The van der Waals surface area contributed by atoms with E-state index in [1.807, 2.05) is 0 Å². The summed E-state index contributed by atoms with van der Waals surface area (Å²) in [5.74, 6) is 0. The zero-order chi connectivity index (χ0) is 18.0. The molecule has 10 heteroatoms. The highest BCUT2D eigenvalue weighted by Gasteiger charge is 2.45. The van der Waals surface area contributed by atoms with E-state index in [0.29, 0.717) is 10.6 Å². The molecule has 1 heterocycles. The van der Waals surface area contributed by atoms with Crippen molar-refractivity contribution in [3.63, 3.8) is 0 Å². The summed E-state index contributed by atoms with van der Waals surface area (Å²) in [6.45, 7) is 0.866. The van der Waals surface area contributed by atoms with E-state index >= 15 is 0 Å². The van der Waals surface area contributed by atoms with Crippen molar-refractivity contribution in [2.75, 3.05) is 6.61 Å². The Morgan fingerprint density at radius 3 is 2.54 bits per heavy atom. The molecule has 0 bridgehead atoms. The fourth-order valence-corrected chi connectivity index (χ4v) is 2.81. The average molecular weight is 386 g/mol. The van der Waals surface area contributed by atoms with E-state index in [9.17, 15) is 17.6 Å². The second kappa shape index (κ2) is 7.25. The summed E-state index contributed by atoms with van der Waals surface area (Å²) in [6.07, 6.45) is -5.87. The summed E-state index contributed by atoms with van der Waals surface area (Å²) in [6, 6.07) is 4.49. The first kappa shape index (κ1) is 19.0. The van der Waals surface area contributed by atoms with Crippen LogP contribution in [0.5, 0.6) is 0 Å². The zero-order valence-electron chi connectivity index (χ0n) is 12.4. The van der Waals surface area contributed by atoms with E-state index in [-0.39, 0.29) is 11.6 Å². The molecule has 1 unspecified atom stereocenters. The summed E-state index contributed by atoms with van der Waals surface area (Å²) in [5.41, 5.74) is -0.762. The van der Waals surface area contributed by atoms with Crippen LogP contribution in [0.3, 0.4) is 0 Å². The van der Waals surface area contributed by atoms with Crippen LogP contribution in [0, 0.1) is 0 Å². The number of hydrogen-bond acceptors (Lipinski definition) is 3. The molecule has 0 aliphatic heterocycles. The molecule has 0 fully saturated rings. The Bertz CT molecular complexity index is 685. The van der Waals surface area contributed by atoms with E-state index in [0.717, 1.165) is 0 Å². The lowest BCUT2D eigenvalue weighted by Gasteiger charge is -2.32. The molecular weight excluding hydrogens is 373 g/mol. The number of benzene rings is 1. The van der Waals surface area contributed by atoms with Crippen LogP contribution in [0.25, 0.3) is 0 Å². The van der Waals surface area contributed by atoms with Gasteiger partial charge in [0, 0.05) is 15.5 Å². The summed E-state index contributed by atoms with van der Waals surface area (Å²) >= 11 is 12.0. The standard InChI is InChI=1S/C14H13Cl2F4N3O/c1-13(5-23-8-21-7-22-23,6-24-14(19,20)12(17)18)10-3-2-9(15)4-11(10)16/h2-4,7-8,12H,5-6H2,1H3. The molecule has 132 valence electrons. The van der Waals surface area contributed by atoms with Crippen molar-refractivity contribution in [2.24, 2.45) is 0 Å². The molecule has 1 aromatic heterocycles. The maximum atomic E-state index is 13.2. The first-order chi connectivity index (χ1) is 11.1. The van der Waals surface area contributed by atoms with Crippen molar-refractivity contribution >= 4 is 23.2 Å². The Balaban J connectivity index is 2.34. The number of halogens is 6. The number of ether oxygens (including phenoxy) is 1. The van der Waals surface area contributed by atoms with Crippen molar-refractivity contribution in [3.05, 3.63) is 46.5 Å². The maximum absolute atomic E-state index is 13.2. The average Bonchev–Trinajstić information content (AvgIpc) is 2.97. The van der Waals surface area contributed by atoms with Crippen LogP contribution < -0.4 is 0 Å². The molecule has 1 atom stereocenters. The highest BCUT2D eigenvalue weighted by atomic mass is 35.5. The molecule has 0 aliphatic rings. The number of alkyl halides is 4. The van der Waals surface area contributed by atoms with Crippen molar-refractivity contribution < 1.29 is 22.3 Å². The quantitative estimate of drug-likeness (QED) is 0.662. The predicted octanol–water partition coefficient (Wildman–Crippen LogP) is 4.42. The SMILES string of the molecule is CC(COC(F)(F)C(F)F)(Cn1cncn1)c1ccc(Cl)cc1Cl. The molecule has 0 saturated heterocycles. The summed E-state index contributed by atoms with van der Waals surface area (Å²) in [5, 5.41) is 4.45. The Morgan fingerprint density at radius 1 is 1.29 bits per heavy atom. The lowest BCUT2D eigenvalue weighted by atomic mass is 9.83. The van der Waals surface area contributed by atoms with Crippen LogP contribution in [0.15, 0.2) is 30.9 Å². The van der Waals surface area contributed by atoms with Gasteiger partial charge in [0.2, 0.25) is 0 Å². The minimum absolute atomic E-state index is 0.0354. The van der Waals surface area contributed by atoms with Gasteiger partial charge in [0.05, 0.1) is 13.2 Å². The number of nitrogens with zero attached hydrogens (tertiary/aromatic N) is 3. The second-order valence-corrected chi connectivity index (χ2v) is 6.27. The monoisotopic (exact) mass is 385 g/mol. The number of hydrogen-bond donors (Lipinski definition) is 0. The van der Waals surface area contributed by atoms with Gasteiger partial charge in [-0.25, -0.2) is 13.8 Å². The Labute approximate surface area is 145 Å². The van der Waals surface area contributed by atoms with Crippen molar-refractivity contribution in [1.29, 1.82) is 0 Å². The molecule has 4 nitrogen and oxygen atoms in total. The van der Waals surface area contributed by atoms with Gasteiger partial charge in [0.1, 0.15) is 12.7 Å². The van der Waals surface area contributed by atoms with Gasteiger partial charge in [0.25, 0.3) is 0 Å². The molecule has 1 aromatic carbocycles. The third-order valence-electron chi connectivity index (χ3n) is 3.40. The second-order valence-electron chi connectivity index (χ2n) is 5.43. The first-order valence-corrected chi connectivity index (χ1v) is 7.47. The zero-order valence-corrected chi connectivity index (χ0v) is 13.9. The van der Waals surface area contributed by atoms with Gasteiger partial charge in [-0.05, 0) is 17.7 Å². The Morgan fingerprint density at radius 2 is 2.00 bits per heavy atom. The van der Waals surface area contributed by atoms with Gasteiger partial charge < -0.3 is 4.74 Å². The lowest BCUT2D eigenvalue weighted by molar-refractivity contribution is -0.305. The molecule has 0 radical (unpaired) electrons. The lowest BCUT2D eigenvalue weighted by Crippen LogP contribution is -2.40. The van der Waals surface area contributed by atoms with Crippen LogP contribution in [0.4, 0.5) is 17.6 Å². The minimum atomic E-state index is -4.57. The molecule has 2 rings (SSSR count). The molecular formula is C14H13Cl2F4N3O. The van der Waals surface area contributed by atoms with Gasteiger partial charge in [-0.2, -0.15) is 13.9 Å². The minimum Gasteiger partial charge on any atom is -0.315 e. The fourth-order valence-electron chi connectivity index (χ4n) is 2.18. The molecule has 0 aliphatic carbocycles. The van der Waals surface area contributed by atoms with Gasteiger partial charge >= 0.3 is 12.5 Å². The third-order valence-corrected chi connectivity index (χ3v) is 3.94. The Hall–Kier alpha value is -1.38. The van der Waals surface area contributed by atoms with E-state index < -0.39 is 24.6 Å². The van der Waals surface area contributed by atoms with Crippen LogP contribution in [-0.4, -0.2) is 33.9 Å². The first-order valence-electron chi connectivity index (χ1n) is 6.72. The van der Waals surface area contributed by atoms with E-state index in [1.54, 1.807) is 6.92 Å². The summed E-state index contributed by atoms with van der Waals surface area (Å²) < 4.78 is 56.6. The van der Waals surface area contributed by atoms with E-state index in [4.69, 9.17) is 23.2 Å². The molecule has 0 spiro atoms. The molecule has 0 saturated carbocycles. The molecule has 24 heavy (non-hydrogen) atoms. The number of aromatic nitrogens is 3. The summed E-state index contributed by atoms with van der Waals surface area (Å²) in [4.78, 5) is 3.76. The van der Waals surface area contributed by atoms with Crippen molar-refractivity contribution in [3.8, 4) is 0 Å². The molecule has 0 N–H and O–H groups in total. The normalized spacial score (nSPS) is 14.8. The number of rotatable bonds is 7. The molecule has 0 amide bonds. The van der Waals surface area contributed by atoms with Crippen molar-refractivity contribution in [2.45, 2.75) is 31.4 Å². The van der Waals surface area contributed by atoms with Gasteiger partial charge in [-0.3, -0.25) is 4.68 Å². The van der Waals surface area contributed by atoms with E-state index in [2.05, 4.69) is 14.8 Å². The highest BCUT2D eigenvalue weighted by Crippen LogP contribution is 2.36. The Kier molecular flexibility index (Phi) is 5.72. The van der Waals surface area contributed by atoms with Crippen LogP contribution in [-0.2, 0) is 16.7 Å².